The molecular weight excluding hydrogens is 208 g/mol. The Bertz CT molecular complexity index is 299. The molecule has 5 nitrogen and oxygen atoms in total. The third-order valence-corrected chi connectivity index (χ3v) is 2.50. The quantitative estimate of drug-likeness (QED) is 0.717. The maximum Gasteiger partial charge on any atom is 0.232 e. The first-order valence-electron chi connectivity index (χ1n) is 5.77. The van der Waals surface area contributed by atoms with Crippen molar-refractivity contribution in [3.63, 3.8) is 0 Å². The number of hydrogen-bond donors (Lipinski definition) is 1. The Kier molecular flexibility index (Phi) is 5.42. The van der Waals surface area contributed by atoms with Crippen LogP contribution in [0.25, 0.3) is 0 Å². The zero-order valence-corrected chi connectivity index (χ0v) is 10.1. The number of ether oxygens (including phenoxy) is 1. The van der Waals surface area contributed by atoms with Gasteiger partial charge in [-0.1, -0.05) is 12.1 Å². The van der Waals surface area contributed by atoms with E-state index in [0.717, 1.165) is 6.42 Å². The Balaban J connectivity index is 2.55. The summed E-state index contributed by atoms with van der Waals surface area (Å²) in [6, 6.07) is 0. The summed E-state index contributed by atoms with van der Waals surface area (Å²) in [5.41, 5.74) is 0. The van der Waals surface area contributed by atoms with Crippen LogP contribution in [0.3, 0.4) is 0 Å². The summed E-state index contributed by atoms with van der Waals surface area (Å²) in [6.45, 7) is 6.96. The molecule has 1 aromatic rings. The van der Waals surface area contributed by atoms with Crippen LogP contribution in [0.2, 0.25) is 0 Å². The molecule has 2 atom stereocenters. The Morgan fingerprint density at radius 3 is 2.75 bits per heavy atom. The normalized spacial score (nSPS) is 15.0. The standard InChI is InChI=1S/C11H20N2O3/c1-4-9(8(3)14)11-12-10(13-16-11)6-7-15-5-2/h8-9,14H,4-7H2,1-3H3. The van der Waals surface area contributed by atoms with Crippen molar-refractivity contribution in [3.05, 3.63) is 11.7 Å². The molecule has 0 bridgehead atoms. The minimum absolute atomic E-state index is 0.0756. The molecule has 2 unspecified atom stereocenters. The highest BCUT2D eigenvalue weighted by Crippen LogP contribution is 2.21. The molecule has 1 aromatic heterocycles. The molecule has 1 N–H and O–H groups in total. The second-order valence-electron chi connectivity index (χ2n) is 3.75. The highest BCUT2D eigenvalue weighted by Gasteiger charge is 2.21. The summed E-state index contributed by atoms with van der Waals surface area (Å²) in [4.78, 5) is 4.26. The third-order valence-electron chi connectivity index (χ3n) is 2.50. The van der Waals surface area contributed by atoms with Crippen molar-refractivity contribution < 1.29 is 14.4 Å². The second kappa shape index (κ2) is 6.60. The van der Waals surface area contributed by atoms with Crippen molar-refractivity contribution in [3.8, 4) is 0 Å². The van der Waals surface area contributed by atoms with Gasteiger partial charge in [0.2, 0.25) is 5.89 Å². The molecule has 0 aliphatic rings. The maximum absolute atomic E-state index is 9.54. The smallest absolute Gasteiger partial charge is 0.232 e. The van der Waals surface area contributed by atoms with E-state index in [0.29, 0.717) is 31.3 Å². The fraction of sp³-hybridized carbons (Fsp3) is 0.818. The fourth-order valence-corrected chi connectivity index (χ4v) is 1.55. The van der Waals surface area contributed by atoms with E-state index in [9.17, 15) is 5.11 Å². The van der Waals surface area contributed by atoms with E-state index in [1.807, 2.05) is 13.8 Å². The molecule has 1 rings (SSSR count). The molecule has 0 fully saturated rings. The molecule has 1 heterocycles. The van der Waals surface area contributed by atoms with E-state index in [1.165, 1.54) is 0 Å². The van der Waals surface area contributed by atoms with Crippen LogP contribution in [0.15, 0.2) is 4.52 Å². The first kappa shape index (κ1) is 13.1. The molecule has 0 saturated carbocycles. The molecule has 0 amide bonds. The van der Waals surface area contributed by atoms with Crippen molar-refractivity contribution in [1.82, 2.24) is 10.1 Å². The molecule has 0 aliphatic carbocycles. The third kappa shape index (κ3) is 3.57. The number of aliphatic hydroxyl groups is 1. The van der Waals surface area contributed by atoms with Crippen LogP contribution >= 0.6 is 0 Å². The van der Waals surface area contributed by atoms with Crippen molar-refractivity contribution in [2.75, 3.05) is 13.2 Å². The summed E-state index contributed by atoms with van der Waals surface area (Å²) < 4.78 is 10.3. The number of aromatic nitrogens is 2. The summed E-state index contributed by atoms with van der Waals surface area (Å²) in [6.07, 6.45) is 0.961. The average Bonchev–Trinajstić information content (AvgIpc) is 2.67. The predicted octanol–water partition coefficient (Wildman–Crippen LogP) is 1.52. The van der Waals surface area contributed by atoms with Gasteiger partial charge < -0.3 is 14.4 Å². The molecule has 5 heteroatoms. The summed E-state index contributed by atoms with van der Waals surface area (Å²) >= 11 is 0. The first-order valence-corrected chi connectivity index (χ1v) is 5.77. The number of aliphatic hydroxyl groups excluding tert-OH is 1. The lowest BCUT2D eigenvalue weighted by Crippen LogP contribution is -2.14. The Hall–Kier alpha value is -0.940. The van der Waals surface area contributed by atoms with Gasteiger partial charge in [0.25, 0.3) is 0 Å². The molecule has 92 valence electrons. The molecule has 0 spiro atoms. The van der Waals surface area contributed by atoms with Gasteiger partial charge in [-0.2, -0.15) is 4.98 Å². The van der Waals surface area contributed by atoms with Crippen LogP contribution in [-0.2, 0) is 11.2 Å². The van der Waals surface area contributed by atoms with E-state index in [4.69, 9.17) is 9.26 Å². The van der Waals surface area contributed by atoms with E-state index in [-0.39, 0.29) is 5.92 Å². The lowest BCUT2D eigenvalue weighted by atomic mass is 10.0. The maximum atomic E-state index is 9.54. The predicted molar refractivity (Wildman–Crippen MR) is 59.2 cm³/mol. The van der Waals surface area contributed by atoms with E-state index in [2.05, 4.69) is 10.1 Å². The van der Waals surface area contributed by atoms with Gasteiger partial charge in [0.05, 0.1) is 18.6 Å². The molecule has 0 aliphatic heterocycles. The van der Waals surface area contributed by atoms with E-state index < -0.39 is 6.10 Å². The van der Waals surface area contributed by atoms with E-state index >= 15 is 0 Å². The molecule has 16 heavy (non-hydrogen) atoms. The Labute approximate surface area is 95.8 Å². The van der Waals surface area contributed by atoms with E-state index in [1.54, 1.807) is 6.92 Å². The summed E-state index contributed by atoms with van der Waals surface area (Å²) in [5, 5.41) is 13.4. The van der Waals surface area contributed by atoms with Crippen LogP contribution in [0, 0.1) is 0 Å². The zero-order chi connectivity index (χ0) is 12.0. The van der Waals surface area contributed by atoms with Crippen molar-refractivity contribution in [1.29, 1.82) is 0 Å². The highest BCUT2D eigenvalue weighted by molar-refractivity contribution is 4.96. The molecule has 0 radical (unpaired) electrons. The van der Waals surface area contributed by atoms with Gasteiger partial charge in [-0.25, -0.2) is 0 Å². The van der Waals surface area contributed by atoms with Gasteiger partial charge >= 0.3 is 0 Å². The Morgan fingerprint density at radius 1 is 1.44 bits per heavy atom. The lowest BCUT2D eigenvalue weighted by molar-refractivity contribution is 0.141. The van der Waals surface area contributed by atoms with Crippen molar-refractivity contribution >= 4 is 0 Å². The largest absolute Gasteiger partial charge is 0.393 e. The number of nitrogens with zero attached hydrogens (tertiary/aromatic N) is 2. The SMILES string of the molecule is CCOCCc1noc(C(CC)C(C)O)n1. The molecular formula is C11H20N2O3. The monoisotopic (exact) mass is 228 g/mol. The molecule has 0 saturated heterocycles. The minimum Gasteiger partial charge on any atom is -0.393 e. The summed E-state index contributed by atoms with van der Waals surface area (Å²) in [7, 11) is 0. The van der Waals surface area contributed by atoms with Gasteiger partial charge in [0.1, 0.15) is 0 Å². The number of hydrogen-bond acceptors (Lipinski definition) is 5. The van der Waals surface area contributed by atoms with Crippen molar-refractivity contribution in [2.24, 2.45) is 0 Å². The fourth-order valence-electron chi connectivity index (χ4n) is 1.55. The zero-order valence-electron chi connectivity index (χ0n) is 10.1. The highest BCUT2D eigenvalue weighted by atomic mass is 16.5. The van der Waals surface area contributed by atoms with Gasteiger partial charge in [-0.15, -0.1) is 0 Å². The van der Waals surface area contributed by atoms with Crippen LogP contribution < -0.4 is 0 Å². The Morgan fingerprint density at radius 2 is 2.19 bits per heavy atom. The van der Waals surface area contributed by atoms with Gasteiger partial charge in [0.15, 0.2) is 5.82 Å². The van der Waals surface area contributed by atoms with Crippen LogP contribution in [-0.4, -0.2) is 34.6 Å². The van der Waals surface area contributed by atoms with Gasteiger partial charge in [-0.3, -0.25) is 0 Å². The molecule has 0 aromatic carbocycles. The van der Waals surface area contributed by atoms with Crippen LogP contribution in [0.4, 0.5) is 0 Å². The second-order valence-corrected chi connectivity index (χ2v) is 3.75. The topological polar surface area (TPSA) is 68.4 Å². The summed E-state index contributed by atoms with van der Waals surface area (Å²) in [5.74, 6) is 1.08. The average molecular weight is 228 g/mol. The van der Waals surface area contributed by atoms with Gasteiger partial charge in [0, 0.05) is 13.0 Å². The lowest BCUT2D eigenvalue weighted by Gasteiger charge is -2.12. The van der Waals surface area contributed by atoms with Crippen LogP contribution in [0.5, 0.6) is 0 Å². The number of rotatable bonds is 7. The first-order chi connectivity index (χ1) is 7.69. The minimum atomic E-state index is -0.467. The van der Waals surface area contributed by atoms with Crippen molar-refractivity contribution in [2.45, 2.75) is 45.6 Å². The van der Waals surface area contributed by atoms with Crippen LogP contribution in [0.1, 0.15) is 44.8 Å². The van der Waals surface area contributed by atoms with Gasteiger partial charge in [-0.05, 0) is 20.3 Å².